The zero-order chi connectivity index (χ0) is 14.2. The average molecular weight is 262 g/mol. The Morgan fingerprint density at radius 2 is 1.84 bits per heavy atom. The number of hydrogen-bond donors (Lipinski definition) is 2. The van der Waals surface area contributed by atoms with Crippen LogP contribution in [0, 0.1) is 16.7 Å². The molecular weight excluding hydrogens is 244 g/mol. The minimum Gasteiger partial charge on any atom is -0.392 e. The Balaban J connectivity index is 2.35. The number of aliphatic hydroxyl groups excluding tert-OH is 1. The van der Waals surface area contributed by atoms with Crippen LogP contribution in [0.3, 0.4) is 0 Å². The molecule has 5 atom stereocenters. The smallest absolute Gasteiger partial charge is 0.187 e. The highest BCUT2D eigenvalue weighted by atomic mass is 16.3. The van der Waals surface area contributed by atoms with E-state index in [9.17, 15) is 19.8 Å². The molecule has 2 bridgehead atoms. The van der Waals surface area contributed by atoms with Crippen LogP contribution in [0.1, 0.15) is 27.2 Å². The van der Waals surface area contributed by atoms with Gasteiger partial charge in [-0.15, -0.1) is 0 Å². The summed E-state index contributed by atoms with van der Waals surface area (Å²) < 4.78 is 0. The van der Waals surface area contributed by atoms with Crippen molar-refractivity contribution in [3.63, 3.8) is 0 Å². The number of aliphatic hydroxyl groups is 2. The normalized spacial score (nSPS) is 52.2. The second-order valence-electron chi connectivity index (χ2n) is 6.53. The summed E-state index contributed by atoms with van der Waals surface area (Å²) in [6.45, 7) is 5.23. The number of rotatable bonds is 0. The van der Waals surface area contributed by atoms with Crippen LogP contribution in [0.15, 0.2) is 23.8 Å². The molecule has 0 aromatic rings. The van der Waals surface area contributed by atoms with Crippen molar-refractivity contribution >= 4 is 11.6 Å². The van der Waals surface area contributed by atoms with Gasteiger partial charge in [-0.1, -0.05) is 19.9 Å². The molecule has 0 saturated heterocycles. The van der Waals surface area contributed by atoms with Crippen LogP contribution >= 0.6 is 0 Å². The maximum absolute atomic E-state index is 12.3. The third kappa shape index (κ3) is 1.13. The number of carbonyl (C=O) groups is 2. The second kappa shape index (κ2) is 3.25. The lowest BCUT2D eigenvalue weighted by Gasteiger charge is -2.61. The van der Waals surface area contributed by atoms with E-state index in [1.807, 2.05) is 6.92 Å². The van der Waals surface area contributed by atoms with E-state index >= 15 is 0 Å². The van der Waals surface area contributed by atoms with E-state index < -0.39 is 28.5 Å². The Hall–Kier alpha value is -1.26. The van der Waals surface area contributed by atoms with Crippen molar-refractivity contribution in [3.05, 3.63) is 23.8 Å². The quantitative estimate of drug-likeness (QED) is 0.676. The molecule has 0 spiro atoms. The Bertz CT molecular complexity index is 560. The summed E-state index contributed by atoms with van der Waals surface area (Å²) in [5.41, 5.74) is -2.52. The van der Waals surface area contributed by atoms with Crippen molar-refractivity contribution in [3.8, 4) is 0 Å². The highest BCUT2D eigenvalue weighted by molar-refractivity contribution is 6.05. The molecule has 3 rings (SSSR count). The zero-order valence-corrected chi connectivity index (χ0v) is 11.3. The van der Waals surface area contributed by atoms with Crippen molar-refractivity contribution in [1.29, 1.82) is 0 Å². The van der Waals surface area contributed by atoms with E-state index in [4.69, 9.17) is 0 Å². The lowest BCUT2D eigenvalue weighted by atomic mass is 9.42. The van der Waals surface area contributed by atoms with Crippen molar-refractivity contribution in [1.82, 2.24) is 0 Å². The van der Waals surface area contributed by atoms with Crippen molar-refractivity contribution in [2.45, 2.75) is 38.9 Å². The summed E-state index contributed by atoms with van der Waals surface area (Å²) in [5, 5.41) is 21.2. The molecule has 102 valence electrons. The number of hydrogen-bond acceptors (Lipinski definition) is 4. The lowest BCUT2D eigenvalue weighted by molar-refractivity contribution is -0.202. The molecule has 1 unspecified atom stereocenters. The fraction of sp³-hybridized carbons (Fsp3) is 0.600. The molecule has 0 amide bonds. The van der Waals surface area contributed by atoms with Crippen LogP contribution in [-0.4, -0.2) is 33.5 Å². The van der Waals surface area contributed by atoms with Crippen molar-refractivity contribution in [2.75, 3.05) is 0 Å². The van der Waals surface area contributed by atoms with E-state index in [0.29, 0.717) is 0 Å². The molecule has 0 aromatic heterocycles. The first-order valence-corrected chi connectivity index (χ1v) is 6.57. The average Bonchev–Trinajstić information content (AvgIpc) is 2.35. The van der Waals surface area contributed by atoms with Gasteiger partial charge in [0.25, 0.3) is 0 Å². The van der Waals surface area contributed by atoms with E-state index in [-0.39, 0.29) is 18.0 Å². The molecule has 0 radical (unpaired) electrons. The predicted molar refractivity (Wildman–Crippen MR) is 68.2 cm³/mol. The van der Waals surface area contributed by atoms with Crippen LogP contribution in [0.4, 0.5) is 0 Å². The molecule has 4 heteroatoms. The second-order valence-corrected chi connectivity index (χ2v) is 6.53. The molecule has 3 aliphatic carbocycles. The summed E-state index contributed by atoms with van der Waals surface area (Å²) in [6, 6.07) is 0. The number of allylic oxidation sites excluding steroid dienone is 3. The maximum Gasteiger partial charge on any atom is 0.187 e. The Labute approximate surface area is 111 Å². The molecule has 3 aliphatic rings. The SMILES string of the molecule is C[C@@H]1[C@H](O)[C@@]2(C)C(=O)C=CC3=CC(=O)[C@@]1(O)CC32C. The van der Waals surface area contributed by atoms with Gasteiger partial charge < -0.3 is 10.2 Å². The minimum atomic E-state index is -1.57. The molecule has 1 fully saturated rings. The van der Waals surface area contributed by atoms with Gasteiger partial charge in [-0.3, -0.25) is 9.59 Å². The zero-order valence-electron chi connectivity index (χ0n) is 11.3. The third-order valence-corrected chi connectivity index (χ3v) is 5.86. The Morgan fingerprint density at radius 1 is 1.21 bits per heavy atom. The fourth-order valence-electron chi connectivity index (χ4n) is 4.10. The molecule has 2 N–H and O–H groups in total. The minimum absolute atomic E-state index is 0.136. The van der Waals surface area contributed by atoms with Gasteiger partial charge in [-0.2, -0.15) is 0 Å². The van der Waals surface area contributed by atoms with Gasteiger partial charge in [-0.05, 0) is 31.1 Å². The molecule has 19 heavy (non-hydrogen) atoms. The van der Waals surface area contributed by atoms with Crippen LogP contribution in [0.5, 0.6) is 0 Å². The van der Waals surface area contributed by atoms with Gasteiger partial charge >= 0.3 is 0 Å². The maximum atomic E-state index is 12.3. The summed E-state index contributed by atoms with van der Waals surface area (Å²) >= 11 is 0. The van der Waals surface area contributed by atoms with Crippen LogP contribution in [0.25, 0.3) is 0 Å². The number of fused-ring (bicyclic) bond motifs is 1. The monoisotopic (exact) mass is 262 g/mol. The van der Waals surface area contributed by atoms with Crippen LogP contribution in [0.2, 0.25) is 0 Å². The van der Waals surface area contributed by atoms with Gasteiger partial charge in [-0.25, -0.2) is 0 Å². The van der Waals surface area contributed by atoms with Gasteiger partial charge in [0.05, 0.1) is 11.5 Å². The highest BCUT2D eigenvalue weighted by Gasteiger charge is 2.69. The van der Waals surface area contributed by atoms with Crippen LogP contribution in [-0.2, 0) is 9.59 Å². The van der Waals surface area contributed by atoms with Gasteiger partial charge in [0, 0.05) is 11.3 Å². The number of ketones is 2. The summed E-state index contributed by atoms with van der Waals surface area (Å²) in [7, 11) is 0. The van der Waals surface area contributed by atoms with Crippen LogP contribution < -0.4 is 0 Å². The lowest BCUT2D eigenvalue weighted by Crippen LogP contribution is -2.70. The van der Waals surface area contributed by atoms with Crippen molar-refractivity contribution < 1.29 is 19.8 Å². The molecule has 0 aliphatic heterocycles. The van der Waals surface area contributed by atoms with E-state index in [1.54, 1.807) is 19.9 Å². The Morgan fingerprint density at radius 3 is 2.47 bits per heavy atom. The highest BCUT2D eigenvalue weighted by Crippen LogP contribution is 2.63. The summed E-state index contributed by atoms with van der Waals surface area (Å²) in [6.07, 6.45) is 3.67. The predicted octanol–water partition coefficient (Wildman–Crippen LogP) is 0.779. The first kappa shape index (κ1) is 12.8. The first-order chi connectivity index (χ1) is 8.68. The molecular formula is C15H18O4. The molecule has 0 heterocycles. The number of carbonyl (C=O) groups excluding carboxylic acids is 2. The van der Waals surface area contributed by atoms with Gasteiger partial charge in [0.1, 0.15) is 5.60 Å². The van der Waals surface area contributed by atoms with E-state index in [2.05, 4.69) is 0 Å². The Kier molecular flexibility index (Phi) is 2.18. The summed E-state index contributed by atoms with van der Waals surface area (Å²) in [4.78, 5) is 24.5. The first-order valence-electron chi connectivity index (χ1n) is 6.57. The molecule has 4 nitrogen and oxygen atoms in total. The van der Waals surface area contributed by atoms with Gasteiger partial charge in [0.15, 0.2) is 11.6 Å². The fourth-order valence-corrected chi connectivity index (χ4v) is 4.10. The van der Waals surface area contributed by atoms with Gasteiger partial charge in [0.2, 0.25) is 0 Å². The van der Waals surface area contributed by atoms with Crippen molar-refractivity contribution in [2.24, 2.45) is 16.7 Å². The summed E-state index contributed by atoms with van der Waals surface area (Å²) in [5.74, 6) is -1.17. The topological polar surface area (TPSA) is 74.6 Å². The van der Waals surface area contributed by atoms with E-state index in [1.165, 1.54) is 12.2 Å². The largest absolute Gasteiger partial charge is 0.392 e. The standard InChI is InChI=1S/C15H18O4/c1-8-12(18)14(3)10(16)5-4-9-6-11(17)15(8,19)7-13(9,14)2/h4-6,8,12,18-19H,7H2,1-3H3/t8-,12+,13?,14-,15-/m1/s1. The molecule has 1 saturated carbocycles. The van der Waals surface area contributed by atoms with E-state index in [0.717, 1.165) is 5.57 Å². The third-order valence-electron chi connectivity index (χ3n) is 5.86. The molecule has 0 aromatic carbocycles.